The number of hydrogen-bond acceptors (Lipinski definition) is 3. The van der Waals surface area contributed by atoms with Gasteiger partial charge in [-0.1, -0.05) is 38.3 Å². The monoisotopic (exact) mass is 376 g/mol. The first kappa shape index (κ1) is 22.8. The number of amides is 1. The minimum Gasteiger partial charge on any atom is -0.484 e. The smallest absolute Gasteiger partial charge is 0.257 e. The number of carbonyl (C=O) groups excluding carboxylic acids is 1. The van der Waals surface area contributed by atoms with Crippen LogP contribution in [0.25, 0.3) is 0 Å². The third-order valence-corrected chi connectivity index (χ3v) is 4.03. The summed E-state index contributed by atoms with van der Waals surface area (Å²) in [6, 6.07) is 8.10. The van der Waals surface area contributed by atoms with E-state index < -0.39 is 0 Å². The number of benzene rings is 1. The first-order valence-corrected chi connectivity index (χ1v) is 10.1. The second kappa shape index (κ2) is 13.9. The minimum absolute atomic E-state index is 0.0278. The first-order valence-electron chi connectivity index (χ1n) is 10.1. The Balaban J connectivity index is 2.59. The topological polar surface area (TPSA) is 74.8 Å². The fraction of sp³-hybridized carbons (Fsp3) is 0.619. The molecule has 152 valence electrons. The van der Waals surface area contributed by atoms with Gasteiger partial charge < -0.3 is 20.7 Å². The Morgan fingerprint density at radius 2 is 1.93 bits per heavy atom. The third kappa shape index (κ3) is 10.5. The number of likely N-dealkylation sites (N-methyl/N-ethyl adjacent to an activating group) is 1. The molecule has 3 N–H and O–H groups in total. The van der Waals surface area contributed by atoms with Crippen molar-refractivity contribution in [1.82, 2.24) is 16.0 Å². The van der Waals surface area contributed by atoms with Crippen LogP contribution in [0.2, 0.25) is 0 Å². The van der Waals surface area contributed by atoms with E-state index >= 15 is 0 Å². The van der Waals surface area contributed by atoms with E-state index in [1.807, 2.05) is 31.2 Å². The second-order valence-electron chi connectivity index (χ2n) is 6.63. The summed E-state index contributed by atoms with van der Waals surface area (Å²) in [5, 5.41) is 9.49. The summed E-state index contributed by atoms with van der Waals surface area (Å²) in [5.74, 6) is 1.40. The number of rotatable bonds is 12. The highest BCUT2D eigenvalue weighted by Crippen LogP contribution is 2.14. The molecule has 0 radical (unpaired) electrons. The Morgan fingerprint density at radius 3 is 2.63 bits per heavy atom. The lowest BCUT2D eigenvalue weighted by molar-refractivity contribution is -0.122. The fourth-order valence-electron chi connectivity index (χ4n) is 2.63. The van der Waals surface area contributed by atoms with Crippen molar-refractivity contribution >= 4 is 11.9 Å². The number of unbranched alkanes of at least 4 members (excludes halogenated alkanes) is 2. The van der Waals surface area contributed by atoms with Gasteiger partial charge in [-0.3, -0.25) is 4.79 Å². The van der Waals surface area contributed by atoms with Crippen LogP contribution in [0.3, 0.4) is 0 Å². The van der Waals surface area contributed by atoms with Gasteiger partial charge in [0, 0.05) is 19.1 Å². The SMILES string of the molecule is CCCCCC(C)NC(=NCc1cccc(OCC(=O)NCC)c1)NCC. The van der Waals surface area contributed by atoms with E-state index in [9.17, 15) is 4.79 Å². The van der Waals surface area contributed by atoms with Crippen LogP contribution in [0, 0.1) is 0 Å². The summed E-state index contributed by atoms with van der Waals surface area (Å²) in [4.78, 5) is 16.2. The van der Waals surface area contributed by atoms with E-state index in [0.717, 1.165) is 24.5 Å². The zero-order chi connectivity index (χ0) is 19.9. The molecule has 1 aromatic carbocycles. The van der Waals surface area contributed by atoms with Crippen LogP contribution in [0.1, 0.15) is 58.9 Å². The van der Waals surface area contributed by atoms with Crippen LogP contribution in [0.4, 0.5) is 0 Å². The zero-order valence-electron chi connectivity index (χ0n) is 17.3. The van der Waals surface area contributed by atoms with Gasteiger partial charge in [-0.2, -0.15) is 0 Å². The van der Waals surface area contributed by atoms with E-state index in [0.29, 0.717) is 24.9 Å². The lowest BCUT2D eigenvalue weighted by atomic mass is 10.1. The molecular weight excluding hydrogens is 340 g/mol. The first-order chi connectivity index (χ1) is 13.1. The molecule has 1 amide bonds. The highest BCUT2D eigenvalue weighted by atomic mass is 16.5. The molecule has 0 aromatic heterocycles. The molecule has 0 aliphatic heterocycles. The lowest BCUT2D eigenvalue weighted by Crippen LogP contribution is -2.42. The van der Waals surface area contributed by atoms with Crippen LogP contribution in [0.15, 0.2) is 29.3 Å². The molecule has 0 aliphatic carbocycles. The quantitative estimate of drug-likeness (QED) is 0.297. The number of nitrogens with one attached hydrogen (secondary N) is 3. The van der Waals surface area contributed by atoms with Gasteiger partial charge in [-0.05, 0) is 44.9 Å². The number of guanidine groups is 1. The van der Waals surface area contributed by atoms with Crippen LogP contribution in [-0.4, -0.2) is 37.6 Å². The molecule has 0 heterocycles. The summed E-state index contributed by atoms with van der Waals surface area (Å²) >= 11 is 0. The van der Waals surface area contributed by atoms with Gasteiger partial charge >= 0.3 is 0 Å². The Labute approximate surface area is 164 Å². The van der Waals surface area contributed by atoms with Crippen molar-refractivity contribution in [3.63, 3.8) is 0 Å². The van der Waals surface area contributed by atoms with Gasteiger partial charge in [0.05, 0.1) is 6.54 Å². The van der Waals surface area contributed by atoms with E-state index in [1.165, 1.54) is 19.3 Å². The summed E-state index contributed by atoms with van der Waals surface area (Å²) < 4.78 is 5.54. The number of aliphatic imine (C=N–C) groups is 1. The second-order valence-corrected chi connectivity index (χ2v) is 6.63. The standard InChI is InChI=1S/C21H36N4O2/c1-5-8-9-11-17(4)25-21(23-7-3)24-15-18-12-10-13-19(14-18)27-16-20(26)22-6-2/h10,12-14,17H,5-9,11,15-16H2,1-4H3,(H,22,26)(H2,23,24,25). The van der Waals surface area contributed by atoms with Crippen molar-refractivity contribution in [1.29, 1.82) is 0 Å². The van der Waals surface area contributed by atoms with Crippen LogP contribution in [0.5, 0.6) is 5.75 Å². The average Bonchev–Trinajstić information content (AvgIpc) is 2.65. The summed E-state index contributed by atoms with van der Waals surface area (Å²) in [7, 11) is 0. The van der Waals surface area contributed by atoms with Gasteiger partial charge in [0.2, 0.25) is 0 Å². The van der Waals surface area contributed by atoms with E-state index in [1.54, 1.807) is 0 Å². The largest absolute Gasteiger partial charge is 0.484 e. The molecule has 1 rings (SSSR count). The Hall–Kier alpha value is -2.24. The normalized spacial score (nSPS) is 12.4. The van der Waals surface area contributed by atoms with Gasteiger partial charge in [0.25, 0.3) is 5.91 Å². The van der Waals surface area contributed by atoms with Gasteiger partial charge in [0.15, 0.2) is 12.6 Å². The minimum atomic E-state index is -0.114. The highest BCUT2D eigenvalue weighted by Gasteiger charge is 2.06. The van der Waals surface area contributed by atoms with Crippen LogP contribution < -0.4 is 20.7 Å². The average molecular weight is 377 g/mol. The van der Waals surface area contributed by atoms with Crippen molar-refractivity contribution in [3.8, 4) is 5.75 Å². The van der Waals surface area contributed by atoms with Crippen LogP contribution in [-0.2, 0) is 11.3 Å². The molecule has 1 aromatic rings. The van der Waals surface area contributed by atoms with Gasteiger partial charge in [-0.25, -0.2) is 4.99 Å². The molecule has 0 saturated heterocycles. The van der Waals surface area contributed by atoms with E-state index in [4.69, 9.17) is 4.74 Å². The lowest BCUT2D eigenvalue weighted by Gasteiger charge is -2.17. The van der Waals surface area contributed by atoms with Crippen molar-refractivity contribution < 1.29 is 9.53 Å². The number of carbonyl (C=O) groups is 1. The van der Waals surface area contributed by atoms with Crippen molar-refractivity contribution in [2.75, 3.05) is 19.7 Å². The molecule has 0 saturated carbocycles. The Kier molecular flexibility index (Phi) is 11.7. The zero-order valence-corrected chi connectivity index (χ0v) is 17.3. The van der Waals surface area contributed by atoms with Gasteiger partial charge in [0.1, 0.15) is 5.75 Å². The number of hydrogen-bond donors (Lipinski definition) is 3. The maximum atomic E-state index is 11.5. The summed E-state index contributed by atoms with van der Waals surface area (Å²) in [6.45, 7) is 10.4. The predicted molar refractivity (Wildman–Crippen MR) is 112 cm³/mol. The van der Waals surface area contributed by atoms with Crippen molar-refractivity contribution in [3.05, 3.63) is 29.8 Å². The predicted octanol–water partition coefficient (Wildman–Crippen LogP) is 3.23. The molecule has 1 atom stereocenters. The number of ether oxygens (including phenoxy) is 1. The molecule has 0 spiro atoms. The van der Waals surface area contributed by atoms with Crippen LogP contribution >= 0.6 is 0 Å². The molecule has 0 bridgehead atoms. The van der Waals surface area contributed by atoms with E-state index in [2.05, 4.69) is 41.7 Å². The van der Waals surface area contributed by atoms with Crippen molar-refractivity contribution in [2.45, 2.75) is 66.0 Å². The molecular formula is C21H36N4O2. The number of nitrogens with zero attached hydrogens (tertiary/aromatic N) is 1. The Morgan fingerprint density at radius 1 is 1.15 bits per heavy atom. The summed E-state index contributed by atoms with van der Waals surface area (Å²) in [5.41, 5.74) is 1.04. The maximum absolute atomic E-state index is 11.5. The Bertz CT molecular complexity index is 575. The molecule has 27 heavy (non-hydrogen) atoms. The summed E-state index contributed by atoms with van der Waals surface area (Å²) in [6.07, 6.45) is 4.87. The molecule has 0 aliphatic rings. The molecule has 6 heteroatoms. The van der Waals surface area contributed by atoms with Crippen molar-refractivity contribution in [2.24, 2.45) is 4.99 Å². The third-order valence-electron chi connectivity index (χ3n) is 4.03. The fourth-order valence-corrected chi connectivity index (χ4v) is 2.63. The highest BCUT2D eigenvalue weighted by molar-refractivity contribution is 5.80. The molecule has 0 fully saturated rings. The van der Waals surface area contributed by atoms with Gasteiger partial charge in [-0.15, -0.1) is 0 Å². The molecule has 6 nitrogen and oxygen atoms in total. The van der Waals surface area contributed by atoms with E-state index in [-0.39, 0.29) is 12.5 Å². The molecule has 1 unspecified atom stereocenters. The maximum Gasteiger partial charge on any atom is 0.257 e.